The number of nitrogens with zero attached hydrogens (tertiary/aromatic N) is 7. The molecule has 0 saturated carbocycles. The smallest absolute Gasteiger partial charge is 0.227 e. The van der Waals surface area contributed by atoms with E-state index in [2.05, 4.69) is 60.1 Å². The Morgan fingerprint density at radius 2 is 1.74 bits per heavy atom. The molecule has 1 atom stereocenters. The van der Waals surface area contributed by atoms with Gasteiger partial charge in [-0.15, -0.1) is 0 Å². The van der Waals surface area contributed by atoms with Crippen LogP contribution in [0.5, 0.6) is 0 Å². The van der Waals surface area contributed by atoms with E-state index in [1.807, 2.05) is 30.7 Å². The van der Waals surface area contributed by atoms with Crippen molar-refractivity contribution in [3.63, 3.8) is 0 Å². The summed E-state index contributed by atoms with van der Waals surface area (Å²) in [7, 11) is 0. The van der Waals surface area contributed by atoms with Gasteiger partial charge in [0.05, 0.1) is 11.6 Å². The van der Waals surface area contributed by atoms with E-state index in [1.54, 1.807) is 6.33 Å². The highest BCUT2D eigenvalue weighted by molar-refractivity contribution is 5.80. The van der Waals surface area contributed by atoms with Crippen LogP contribution in [0.3, 0.4) is 0 Å². The van der Waals surface area contributed by atoms with Crippen molar-refractivity contribution in [3.8, 4) is 5.82 Å². The molecule has 2 fully saturated rings. The second-order valence-corrected chi connectivity index (χ2v) is 9.45. The number of aryl methyl sites for hydroxylation is 2. The molecule has 2 saturated heterocycles. The Hall–Kier alpha value is -3.26. The van der Waals surface area contributed by atoms with E-state index in [1.165, 1.54) is 5.56 Å². The van der Waals surface area contributed by atoms with Gasteiger partial charge in [0.2, 0.25) is 5.91 Å². The monoisotopic (exact) mass is 459 g/mol. The largest absolute Gasteiger partial charge is 0.356 e. The van der Waals surface area contributed by atoms with Crippen molar-refractivity contribution in [2.75, 3.05) is 44.2 Å². The number of amides is 1. The zero-order valence-corrected chi connectivity index (χ0v) is 20.1. The maximum atomic E-state index is 13.4. The van der Waals surface area contributed by atoms with Gasteiger partial charge in [-0.3, -0.25) is 9.69 Å². The number of hydrogen-bond donors (Lipinski definition) is 0. The van der Waals surface area contributed by atoms with Gasteiger partial charge in [-0.2, -0.15) is 5.10 Å². The summed E-state index contributed by atoms with van der Waals surface area (Å²) < 4.78 is 1.85. The molecule has 1 aromatic carbocycles. The first-order valence-electron chi connectivity index (χ1n) is 12.2. The van der Waals surface area contributed by atoms with Crippen LogP contribution in [0, 0.1) is 19.8 Å². The normalized spacial score (nSPS) is 19.4. The highest BCUT2D eigenvalue weighted by Crippen LogP contribution is 2.25. The van der Waals surface area contributed by atoms with Crippen LogP contribution in [0.15, 0.2) is 48.8 Å². The standard InChI is InChI=1S/C26H33N7O/c1-20-15-21(2)33(29-20)25-16-24(27-19-28-25)32-10-6-9-23(18-32)26(34)31-13-11-30(12-14-31)17-22-7-4-3-5-8-22/h3-5,7-8,15-16,19,23H,6,9-14,17-18H2,1-2H3. The van der Waals surface area contributed by atoms with Gasteiger partial charge in [0.15, 0.2) is 5.82 Å². The van der Waals surface area contributed by atoms with Gasteiger partial charge in [-0.1, -0.05) is 30.3 Å². The van der Waals surface area contributed by atoms with Gasteiger partial charge < -0.3 is 9.80 Å². The molecule has 1 unspecified atom stereocenters. The number of carbonyl (C=O) groups excluding carboxylic acids is 1. The summed E-state index contributed by atoms with van der Waals surface area (Å²) in [5.74, 6) is 1.93. The van der Waals surface area contributed by atoms with Crippen LogP contribution in [0.2, 0.25) is 0 Å². The fourth-order valence-corrected chi connectivity index (χ4v) is 5.10. The molecule has 0 aliphatic carbocycles. The van der Waals surface area contributed by atoms with Crippen molar-refractivity contribution in [3.05, 3.63) is 65.7 Å². The van der Waals surface area contributed by atoms with Crippen LogP contribution < -0.4 is 4.90 Å². The predicted molar refractivity (Wildman–Crippen MR) is 132 cm³/mol. The molecule has 0 spiro atoms. The van der Waals surface area contributed by atoms with Crippen molar-refractivity contribution in [2.45, 2.75) is 33.2 Å². The van der Waals surface area contributed by atoms with Gasteiger partial charge in [0.1, 0.15) is 12.1 Å². The Kier molecular flexibility index (Phi) is 6.58. The number of piperazine rings is 1. The molecule has 1 amide bonds. The van der Waals surface area contributed by atoms with E-state index < -0.39 is 0 Å². The average molecular weight is 460 g/mol. The minimum Gasteiger partial charge on any atom is -0.356 e. The molecule has 2 aliphatic rings. The highest BCUT2D eigenvalue weighted by Gasteiger charge is 2.31. The predicted octanol–water partition coefficient (Wildman–Crippen LogP) is 2.84. The summed E-state index contributed by atoms with van der Waals surface area (Å²) in [5, 5.41) is 4.55. The average Bonchev–Trinajstić information content (AvgIpc) is 3.22. The number of carbonyl (C=O) groups is 1. The van der Waals surface area contributed by atoms with Gasteiger partial charge >= 0.3 is 0 Å². The van der Waals surface area contributed by atoms with Crippen molar-refractivity contribution >= 4 is 11.7 Å². The molecule has 0 N–H and O–H groups in total. The van der Waals surface area contributed by atoms with Gasteiger partial charge in [0.25, 0.3) is 0 Å². The highest BCUT2D eigenvalue weighted by atomic mass is 16.2. The lowest BCUT2D eigenvalue weighted by Crippen LogP contribution is -2.52. The van der Waals surface area contributed by atoms with Crippen molar-refractivity contribution in [1.82, 2.24) is 29.5 Å². The van der Waals surface area contributed by atoms with Crippen LogP contribution in [-0.4, -0.2) is 74.7 Å². The third-order valence-corrected chi connectivity index (χ3v) is 6.89. The maximum Gasteiger partial charge on any atom is 0.227 e. The molecule has 2 aliphatic heterocycles. The number of hydrogen-bond acceptors (Lipinski definition) is 6. The second kappa shape index (κ2) is 9.93. The molecular weight excluding hydrogens is 426 g/mol. The summed E-state index contributed by atoms with van der Waals surface area (Å²) in [6.07, 6.45) is 3.52. The summed E-state index contributed by atoms with van der Waals surface area (Å²) in [6.45, 7) is 10.0. The van der Waals surface area contributed by atoms with Crippen molar-refractivity contribution in [2.24, 2.45) is 5.92 Å². The molecule has 34 heavy (non-hydrogen) atoms. The van der Waals surface area contributed by atoms with Crippen LogP contribution in [0.1, 0.15) is 29.8 Å². The Morgan fingerprint density at radius 3 is 2.47 bits per heavy atom. The zero-order valence-electron chi connectivity index (χ0n) is 20.1. The fraction of sp³-hybridized carbons (Fsp3) is 0.462. The summed E-state index contributed by atoms with van der Waals surface area (Å²) >= 11 is 0. The third-order valence-electron chi connectivity index (χ3n) is 6.89. The molecule has 3 aromatic rings. The lowest BCUT2D eigenvalue weighted by molar-refractivity contribution is -0.137. The Balaban J connectivity index is 1.20. The van der Waals surface area contributed by atoms with E-state index in [0.29, 0.717) is 6.54 Å². The molecule has 4 heterocycles. The third kappa shape index (κ3) is 4.97. The lowest BCUT2D eigenvalue weighted by Gasteiger charge is -2.39. The first-order valence-corrected chi connectivity index (χ1v) is 12.2. The van der Waals surface area contributed by atoms with E-state index in [4.69, 9.17) is 0 Å². The molecule has 5 rings (SSSR count). The second-order valence-electron chi connectivity index (χ2n) is 9.45. The van der Waals surface area contributed by atoms with Crippen LogP contribution >= 0.6 is 0 Å². The molecule has 8 nitrogen and oxygen atoms in total. The molecule has 0 bridgehead atoms. The first-order chi connectivity index (χ1) is 16.6. The quantitative estimate of drug-likeness (QED) is 0.584. The SMILES string of the molecule is Cc1cc(C)n(-c2cc(N3CCCC(C(=O)N4CCN(Cc5ccccc5)CC4)C3)ncn2)n1. The van der Waals surface area contributed by atoms with Crippen LogP contribution in [-0.2, 0) is 11.3 Å². The van der Waals surface area contributed by atoms with Crippen molar-refractivity contribution < 1.29 is 4.79 Å². The van der Waals surface area contributed by atoms with E-state index in [-0.39, 0.29) is 11.8 Å². The first kappa shape index (κ1) is 22.5. The van der Waals surface area contributed by atoms with E-state index >= 15 is 0 Å². The summed E-state index contributed by atoms with van der Waals surface area (Å²) in [5.41, 5.74) is 3.33. The summed E-state index contributed by atoms with van der Waals surface area (Å²) in [6, 6.07) is 14.6. The Morgan fingerprint density at radius 1 is 0.971 bits per heavy atom. The molecule has 178 valence electrons. The number of piperidine rings is 1. The number of benzene rings is 1. The minimum absolute atomic E-state index is 0.0153. The maximum absolute atomic E-state index is 13.4. The van der Waals surface area contributed by atoms with Crippen LogP contribution in [0.4, 0.5) is 5.82 Å². The van der Waals surface area contributed by atoms with Crippen LogP contribution in [0.25, 0.3) is 5.82 Å². The van der Waals surface area contributed by atoms with E-state index in [0.717, 1.165) is 75.1 Å². The molecular formula is C26H33N7O. The molecule has 8 heteroatoms. The van der Waals surface area contributed by atoms with Gasteiger partial charge in [-0.25, -0.2) is 14.6 Å². The number of rotatable bonds is 5. The molecule has 0 radical (unpaired) electrons. The Labute approximate surface area is 201 Å². The van der Waals surface area contributed by atoms with Crippen molar-refractivity contribution in [1.29, 1.82) is 0 Å². The Bertz CT molecular complexity index is 1120. The van der Waals surface area contributed by atoms with E-state index in [9.17, 15) is 4.79 Å². The van der Waals surface area contributed by atoms with Gasteiger partial charge in [0, 0.05) is 57.6 Å². The fourth-order valence-electron chi connectivity index (χ4n) is 5.10. The lowest BCUT2D eigenvalue weighted by atomic mass is 9.96. The summed E-state index contributed by atoms with van der Waals surface area (Å²) in [4.78, 5) is 29.0. The topological polar surface area (TPSA) is 70.4 Å². The minimum atomic E-state index is 0.0153. The number of aromatic nitrogens is 4. The van der Waals surface area contributed by atoms with Gasteiger partial charge in [-0.05, 0) is 38.3 Å². The molecule has 2 aromatic heterocycles. The number of anilines is 1. The zero-order chi connectivity index (χ0) is 23.5.